The zero-order chi connectivity index (χ0) is 12.3. The van der Waals surface area contributed by atoms with E-state index < -0.39 is 6.04 Å². The number of benzene rings is 1. The second-order valence-electron chi connectivity index (χ2n) is 3.59. The molecule has 0 unspecified atom stereocenters. The average molecular weight is 232 g/mol. The summed E-state index contributed by atoms with van der Waals surface area (Å²) in [6.45, 7) is 1.62. The van der Waals surface area contributed by atoms with Crippen LogP contribution in [0, 0.1) is 0 Å². The molecule has 0 saturated carbocycles. The molecule has 0 radical (unpaired) electrons. The Morgan fingerprint density at radius 2 is 2.35 bits per heavy atom. The minimum Gasteiger partial charge on any atom is -0.325 e. The lowest BCUT2D eigenvalue weighted by molar-refractivity contribution is -0.117. The van der Waals surface area contributed by atoms with Crippen LogP contribution in [0.15, 0.2) is 24.3 Å². The minimum atomic E-state index is -0.552. The topological polar surface area (TPSA) is 110 Å². The number of hydrogen-bond acceptors (Lipinski definition) is 5. The van der Waals surface area contributed by atoms with E-state index in [1.165, 1.54) is 0 Å². The van der Waals surface area contributed by atoms with Crippen LogP contribution in [-0.2, 0) is 4.79 Å². The highest BCUT2D eigenvalue weighted by Crippen LogP contribution is 2.18. The van der Waals surface area contributed by atoms with Gasteiger partial charge in [-0.25, -0.2) is 0 Å². The van der Waals surface area contributed by atoms with Crippen LogP contribution in [0.4, 0.5) is 5.69 Å². The van der Waals surface area contributed by atoms with E-state index in [2.05, 4.69) is 25.9 Å². The molecule has 7 heteroatoms. The number of H-pyrrole nitrogens is 1. The first-order valence-corrected chi connectivity index (χ1v) is 5.07. The van der Waals surface area contributed by atoms with Crippen LogP contribution >= 0.6 is 0 Å². The summed E-state index contributed by atoms with van der Waals surface area (Å²) in [5.74, 6) is 0.233. The van der Waals surface area contributed by atoms with Crippen LogP contribution in [0.1, 0.15) is 6.92 Å². The van der Waals surface area contributed by atoms with E-state index in [9.17, 15) is 4.79 Å². The van der Waals surface area contributed by atoms with E-state index in [4.69, 9.17) is 5.73 Å². The Balaban J connectivity index is 2.20. The number of nitrogens with two attached hydrogens (primary N) is 1. The number of hydrogen-bond donors (Lipinski definition) is 3. The number of nitrogens with one attached hydrogen (secondary N) is 2. The Labute approximate surface area is 97.4 Å². The minimum absolute atomic E-state index is 0.240. The summed E-state index contributed by atoms with van der Waals surface area (Å²) in [7, 11) is 0. The quantitative estimate of drug-likeness (QED) is 0.698. The van der Waals surface area contributed by atoms with Gasteiger partial charge in [0.2, 0.25) is 11.7 Å². The molecule has 0 bridgehead atoms. The lowest BCUT2D eigenvalue weighted by atomic mass is 10.2. The maximum atomic E-state index is 11.4. The summed E-state index contributed by atoms with van der Waals surface area (Å²) in [6, 6.07) is 6.59. The van der Waals surface area contributed by atoms with E-state index >= 15 is 0 Å². The monoisotopic (exact) mass is 232 g/mol. The fourth-order valence-corrected chi connectivity index (χ4v) is 1.28. The van der Waals surface area contributed by atoms with Gasteiger partial charge in [0.05, 0.1) is 6.04 Å². The van der Waals surface area contributed by atoms with E-state index in [1.807, 2.05) is 6.07 Å². The standard InChI is InChI=1S/C10H12N6O/c1-6(11)10(17)12-8-4-2-3-7(5-8)9-13-15-16-14-9/h2-6H,11H2,1H3,(H,12,17)(H,13,14,15,16)/t6-/m1/s1. The van der Waals surface area contributed by atoms with Gasteiger partial charge in [-0.15, -0.1) is 10.2 Å². The molecule has 0 fully saturated rings. The van der Waals surface area contributed by atoms with Gasteiger partial charge in [0.25, 0.3) is 0 Å². The Morgan fingerprint density at radius 3 is 3.00 bits per heavy atom. The zero-order valence-corrected chi connectivity index (χ0v) is 9.21. The van der Waals surface area contributed by atoms with Crippen molar-refractivity contribution in [3.8, 4) is 11.4 Å². The molecule has 4 N–H and O–H groups in total. The van der Waals surface area contributed by atoms with E-state index in [-0.39, 0.29) is 5.91 Å². The maximum absolute atomic E-state index is 11.4. The van der Waals surface area contributed by atoms with Crippen molar-refractivity contribution in [1.82, 2.24) is 20.6 Å². The third kappa shape index (κ3) is 2.64. The average Bonchev–Trinajstić information content (AvgIpc) is 2.82. The smallest absolute Gasteiger partial charge is 0.240 e. The second kappa shape index (κ2) is 4.71. The van der Waals surface area contributed by atoms with Crippen molar-refractivity contribution in [3.05, 3.63) is 24.3 Å². The predicted molar refractivity (Wildman–Crippen MR) is 61.9 cm³/mol. The SMILES string of the molecule is C[C@@H](N)C(=O)Nc1cccc(-c2nn[nH]n2)c1. The second-order valence-corrected chi connectivity index (χ2v) is 3.59. The van der Waals surface area contributed by atoms with E-state index in [0.717, 1.165) is 5.56 Å². The highest BCUT2D eigenvalue weighted by atomic mass is 16.2. The van der Waals surface area contributed by atoms with Gasteiger partial charge in [-0.1, -0.05) is 12.1 Å². The largest absolute Gasteiger partial charge is 0.325 e. The number of carbonyl (C=O) groups is 1. The highest BCUT2D eigenvalue weighted by molar-refractivity contribution is 5.94. The van der Waals surface area contributed by atoms with Crippen molar-refractivity contribution in [3.63, 3.8) is 0 Å². The Bertz CT molecular complexity index is 507. The van der Waals surface area contributed by atoms with Crippen molar-refractivity contribution in [2.75, 3.05) is 5.32 Å². The summed E-state index contributed by atoms with van der Waals surface area (Å²) < 4.78 is 0. The highest BCUT2D eigenvalue weighted by Gasteiger charge is 2.09. The molecule has 0 aliphatic carbocycles. The van der Waals surface area contributed by atoms with Crippen molar-refractivity contribution in [2.24, 2.45) is 5.73 Å². The van der Waals surface area contributed by atoms with Gasteiger partial charge >= 0.3 is 0 Å². The molecule has 0 aliphatic rings. The van der Waals surface area contributed by atoms with Gasteiger partial charge in [0.1, 0.15) is 0 Å². The molecule has 2 aromatic rings. The number of anilines is 1. The predicted octanol–water partition coefficient (Wildman–Crippen LogP) is 0.152. The summed E-state index contributed by atoms with van der Waals surface area (Å²) in [4.78, 5) is 11.4. The van der Waals surface area contributed by atoms with Gasteiger partial charge in [-0.05, 0) is 24.3 Å². The number of aromatic amines is 1. The van der Waals surface area contributed by atoms with Crippen molar-refractivity contribution >= 4 is 11.6 Å². The van der Waals surface area contributed by atoms with Crippen molar-refractivity contribution in [2.45, 2.75) is 13.0 Å². The van der Waals surface area contributed by atoms with Crippen LogP contribution in [0.5, 0.6) is 0 Å². The summed E-state index contributed by atoms with van der Waals surface area (Å²) in [5, 5.41) is 16.3. The van der Waals surface area contributed by atoms with Crippen LogP contribution < -0.4 is 11.1 Å². The Morgan fingerprint density at radius 1 is 1.53 bits per heavy atom. The van der Waals surface area contributed by atoms with Gasteiger partial charge in [-0.2, -0.15) is 5.21 Å². The fraction of sp³-hybridized carbons (Fsp3) is 0.200. The first kappa shape index (κ1) is 11.2. The van der Waals surface area contributed by atoms with E-state index in [0.29, 0.717) is 11.5 Å². The van der Waals surface area contributed by atoms with Gasteiger partial charge in [-0.3, -0.25) is 4.79 Å². The van der Waals surface area contributed by atoms with Crippen LogP contribution in [0.25, 0.3) is 11.4 Å². The number of aromatic nitrogens is 4. The van der Waals surface area contributed by atoms with Gasteiger partial charge in [0.15, 0.2) is 0 Å². The first-order chi connectivity index (χ1) is 8.16. The molecule has 1 atom stereocenters. The van der Waals surface area contributed by atoms with E-state index in [1.54, 1.807) is 25.1 Å². The van der Waals surface area contributed by atoms with Crippen LogP contribution in [0.3, 0.4) is 0 Å². The third-order valence-corrected chi connectivity index (χ3v) is 2.15. The fourth-order valence-electron chi connectivity index (χ4n) is 1.28. The number of nitrogens with zero attached hydrogens (tertiary/aromatic N) is 3. The van der Waals surface area contributed by atoms with Crippen molar-refractivity contribution < 1.29 is 4.79 Å². The molecule has 1 aromatic heterocycles. The number of rotatable bonds is 3. The number of tetrazole rings is 1. The Hall–Kier alpha value is -2.28. The number of carbonyl (C=O) groups excluding carboxylic acids is 1. The molecule has 1 aromatic carbocycles. The van der Waals surface area contributed by atoms with Crippen molar-refractivity contribution in [1.29, 1.82) is 0 Å². The normalized spacial score (nSPS) is 12.1. The van der Waals surface area contributed by atoms with Gasteiger partial charge < -0.3 is 11.1 Å². The Kier molecular flexibility index (Phi) is 3.10. The maximum Gasteiger partial charge on any atom is 0.240 e. The lowest BCUT2D eigenvalue weighted by Crippen LogP contribution is -2.32. The molecule has 2 rings (SSSR count). The molecule has 7 nitrogen and oxygen atoms in total. The summed E-state index contributed by atoms with van der Waals surface area (Å²) >= 11 is 0. The number of amides is 1. The first-order valence-electron chi connectivity index (χ1n) is 5.07. The zero-order valence-electron chi connectivity index (χ0n) is 9.21. The van der Waals surface area contributed by atoms with Gasteiger partial charge in [0, 0.05) is 11.3 Å². The summed E-state index contributed by atoms with van der Waals surface area (Å²) in [6.07, 6.45) is 0. The molecule has 0 spiro atoms. The lowest BCUT2D eigenvalue weighted by Gasteiger charge is -2.08. The molecule has 1 amide bonds. The molecule has 0 saturated heterocycles. The molecular formula is C10H12N6O. The third-order valence-electron chi connectivity index (χ3n) is 2.15. The molecular weight excluding hydrogens is 220 g/mol. The summed E-state index contributed by atoms with van der Waals surface area (Å²) in [5.41, 5.74) is 6.88. The van der Waals surface area contributed by atoms with Crippen LogP contribution in [-0.4, -0.2) is 32.6 Å². The molecule has 0 aliphatic heterocycles. The molecule has 88 valence electrons. The molecule has 17 heavy (non-hydrogen) atoms. The molecule has 1 heterocycles. The van der Waals surface area contributed by atoms with Crippen LogP contribution in [0.2, 0.25) is 0 Å².